The molecule has 0 spiro atoms. The Morgan fingerprint density at radius 3 is 2.39 bits per heavy atom. The summed E-state index contributed by atoms with van der Waals surface area (Å²) in [4.78, 5) is 26.7. The van der Waals surface area contributed by atoms with Crippen LogP contribution in [0, 0.1) is 0 Å². The first-order chi connectivity index (χ1) is 13.5. The Balaban J connectivity index is 2.12. The number of nitrogens with zero attached hydrogens (tertiary/aromatic N) is 1. The molecule has 5 nitrogen and oxygen atoms in total. The summed E-state index contributed by atoms with van der Waals surface area (Å²) in [6.07, 6.45) is 0.939. The van der Waals surface area contributed by atoms with Crippen LogP contribution in [0.3, 0.4) is 0 Å². The summed E-state index contributed by atoms with van der Waals surface area (Å²) in [6.45, 7) is 6.20. The molecule has 0 aliphatic heterocycles. The summed E-state index contributed by atoms with van der Waals surface area (Å²) in [5, 5.41) is 3.32. The normalized spacial score (nSPS) is 11.6. The predicted molar refractivity (Wildman–Crippen MR) is 111 cm³/mol. The van der Waals surface area contributed by atoms with E-state index in [9.17, 15) is 9.59 Å². The van der Waals surface area contributed by atoms with Crippen molar-refractivity contribution in [2.75, 3.05) is 13.2 Å². The summed E-state index contributed by atoms with van der Waals surface area (Å²) in [5.41, 5.74) is 1.98. The van der Waals surface area contributed by atoms with Gasteiger partial charge in [-0.2, -0.15) is 0 Å². The first-order valence-electron chi connectivity index (χ1n) is 9.48. The molecular formula is C22H27ClN2O3. The highest BCUT2D eigenvalue weighted by atomic mass is 35.5. The molecule has 150 valence electrons. The van der Waals surface area contributed by atoms with Crippen molar-refractivity contribution >= 4 is 23.4 Å². The lowest BCUT2D eigenvalue weighted by Crippen LogP contribution is -2.49. The number of nitrogens with one attached hydrogen (secondary N) is 1. The molecule has 1 atom stereocenters. The van der Waals surface area contributed by atoms with Crippen molar-refractivity contribution in [2.24, 2.45) is 0 Å². The lowest BCUT2D eigenvalue weighted by Gasteiger charge is -2.29. The molecule has 0 saturated carbocycles. The van der Waals surface area contributed by atoms with E-state index in [2.05, 4.69) is 12.2 Å². The third-order valence-corrected chi connectivity index (χ3v) is 4.88. The van der Waals surface area contributed by atoms with Crippen molar-refractivity contribution in [2.45, 2.75) is 39.8 Å². The number of likely N-dealkylation sites (N-methyl/N-ethyl adjacent to an activating group) is 1. The van der Waals surface area contributed by atoms with Gasteiger partial charge in [-0.1, -0.05) is 48.9 Å². The second kappa shape index (κ2) is 10.7. The highest BCUT2D eigenvalue weighted by Crippen LogP contribution is 2.19. The van der Waals surface area contributed by atoms with Gasteiger partial charge in [-0.3, -0.25) is 9.59 Å². The summed E-state index contributed by atoms with van der Waals surface area (Å²) in [6, 6.07) is 14.3. The molecule has 0 saturated heterocycles. The Morgan fingerprint density at radius 1 is 1.11 bits per heavy atom. The lowest BCUT2D eigenvalue weighted by molar-refractivity contribution is -0.142. The van der Waals surface area contributed by atoms with Gasteiger partial charge in [0.25, 0.3) is 5.91 Å². The number of benzene rings is 2. The second-order valence-corrected chi connectivity index (χ2v) is 6.88. The second-order valence-electron chi connectivity index (χ2n) is 6.47. The van der Waals surface area contributed by atoms with Crippen molar-refractivity contribution in [1.29, 1.82) is 0 Å². The van der Waals surface area contributed by atoms with E-state index in [4.69, 9.17) is 16.3 Å². The van der Waals surface area contributed by atoms with Gasteiger partial charge >= 0.3 is 0 Å². The zero-order valence-corrected chi connectivity index (χ0v) is 17.3. The SMILES string of the molecule is CCNC(=O)[C@H](C)N(Cc1ccccc1Cl)C(=O)COc1ccc(CC)cc1. The summed E-state index contributed by atoms with van der Waals surface area (Å²) >= 11 is 6.25. The van der Waals surface area contributed by atoms with Crippen LogP contribution in [0.25, 0.3) is 0 Å². The smallest absolute Gasteiger partial charge is 0.261 e. The van der Waals surface area contributed by atoms with Crippen LogP contribution in [0.1, 0.15) is 31.9 Å². The number of ether oxygens (including phenoxy) is 1. The van der Waals surface area contributed by atoms with Gasteiger partial charge in [0.15, 0.2) is 6.61 Å². The van der Waals surface area contributed by atoms with Crippen molar-refractivity contribution < 1.29 is 14.3 Å². The van der Waals surface area contributed by atoms with E-state index < -0.39 is 6.04 Å². The van der Waals surface area contributed by atoms with Crippen LogP contribution in [0.5, 0.6) is 5.75 Å². The van der Waals surface area contributed by atoms with Crippen LogP contribution in [-0.4, -0.2) is 35.9 Å². The van der Waals surface area contributed by atoms with E-state index in [1.165, 1.54) is 10.5 Å². The molecule has 6 heteroatoms. The van der Waals surface area contributed by atoms with Gasteiger partial charge in [-0.15, -0.1) is 0 Å². The molecule has 0 fully saturated rings. The fraction of sp³-hybridized carbons (Fsp3) is 0.364. The van der Waals surface area contributed by atoms with Crippen LogP contribution < -0.4 is 10.1 Å². The average molecular weight is 403 g/mol. The van der Waals surface area contributed by atoms with Crippen LogP contribution in [0.15, 0.2) is 48.5 Å². The Hall–Kier alpha value is -2.53. The number of rotatable bonds is 9. The van der Waals surface area contributed by atoms with Crippen molar-refractivity contribution in [1.82, 2.24) is 10.2 Å². The topological polar surface area (TPSA) is 58.6 Å². The Labute approximate surface area is 171 Å². The van der Waals surface area contributed by atoms with E-state index in [1.54, 1.807) is 13.0 Å². The molecule has 2 amide bonds. The van der Waals surface area contributed by atoms with Gasteiger partial charge < -0.3 is 15.0 Å². The van der Waals surface area contributed by atoms with E-state index in [0.29, 0.717) is 17.3 Å². The third-order valence-electron chi connectivity index (χ3n) is 4.51. The molecule has 0 unspecified atom stereocenters. The Morgan fingerprint density at radius 2 is 1.79 bits per heavy atom. The zero-order chi connectivity index (χ0) is 20.5. The van der Waals surface area contributed by atoms with E-state index >= 15 is 0 Å². The molecule has 2 aromatic rings. The Kier molecular flexibility index (Phi) is 8.33. The number of amides is 2. The molecule has 0 heterocycles. The highest BCUT2D eigenvalue weighted by Gasteiger charge is 2.26. The maximum absolute atomic E-state index is 12.9. The van der Waals surface area contributed by atoms with Gasteiger partial charge in [0.05, 0.1) is 0 Å². The van der Waals surface area contributed by atoms with Gasteiger partial charge in [-0.25, -0.2) is 0 Å². The van der Waals surface area contributed by atoms with Gasteiger partial charge in [0.1, 0.15) is 11.8 Å². The largest absolute Gasteiger partial charge is 0.484 e. The van der Waals surface area contributed by atoms with E-state index in [1.807, 2.05) is 49.4 Å². The molecule has 2 aromatic carbocycles. The van der Waals surface area contributed by atoms with Crippen molar-refractivity contribution in [3.63, 3.8) is 0 Å². The molecule has 0 bridgehead atoms. The minimum atomic E-state index is -0.644. The van der Waals surface area contributed by atoms with E-state index in [0.717, 1.165) is 12.0 Å². The maximum Gasteiger partial charge on any atom is 0.261 e. The summed E-state index contributed by atoms with van der Waals surface area (Å²) in [7, 11) is 0. The van der Waals surface area contributed by atoms with Crippen LogP contribution in [-0.2, 0) is 22.6 Å². The van der Waals surface area contributed by atoms with Gasteiger partial charge in [-0.05, 0) is 49.6 Å². The monoisotopic (exact) mass is 402 g/mol. The first kappa shape index (κ1) is 21.8. The van der Waals surface area contributed by atoms with Crippen LogP contribution in [0.2, 0.25) is 5.02 Å². The van der Waals surface area contributed by atoms with Gasteiger partial charge in [0.2, 0.25) is 5.91 Å². The number of hydrogen-bond acceptors (Lipinski definition) is 3. The average Bonchev–Trinajstić information content (AvgIpc) is 2.71. The van der Waals surface area contributed by atoms with Crippen LogP contribution >= 0.6 is 11.6 Å². The molecule has 1 N–H and O–H groups in total. The maximum atomic E-state index is 12.9. The fourth-order valence-corrected chi connectivity index (χ4v) is 2.96. The molecule has 2 rings (SSSR count). The number of halogens is 1. The quantitative estimate of drug-likeness (QED) is 0.693. The summed E-state index contributed by atoms with van der Waals surface area (Å²) in [5.74, 6) is 0.127. The zero-order valence-electron chi connectivity index (χ0n) is 16.6. The first-order valence-corrected chi connectivity index (χ1v) is 9.86. The molecule has 0 aliphatic rings. The van der Waals surface area contributed by atoms with Crippen molar-refractivity contribution in [3.05, 3.63) is 64.7 Å². The molecular weight excluding hydrogens is 376 g/mol. The van der Waals surface area contributed by atoms with Crippen LogP contribution in [0.4, 0.5) is 0 Å². The van der Waals surface area contributed by atoms with Gasteiger partial charge in [0, 0.05) is 18.1 Å². The van der Waals surface area contributed by atoms with Crippen molar-refractivity contribution in [3.8, 4) is 5.75 Å². The molecule has 28 heavy (non-hydrogen) atoms. The Bertz CT molecular complexity index is 793. The third kappa shape index (κ3) is 5.99. The number of aryl methyl sites for hydroxylation is 1. The number of carbonyl (C=O) groups excluding carboxylic acids is 2. The molecule has 0 radical (unpaired) electrons. The van der Waals surface area contributed by atoms with E-state index in [-0.39, 0.29) is 25.0 Å². The predicted octanol–water partition coefficient (Wildman–Crippen LogP) is 3.83. The number of carbonyl (C=O) groups is 2. The molecule has 0 aromatic heterocycles. The minimum Gasteiger partial charge on any atom is -0.484 e. The highest BCUT2D eigenvalue weighted by molar-refractivity contribution is 6.31. The lowest BCUT2D eigenvalue weighted by atomic mass is 10.1. The fourth-order valence-electron chi connectivity index (χ4n) is 2.76. The standard InChI is InChI=1S/C22H27ClN2O3/c1-4-17-10-12-19(13-11-17)28-15-21(26)25(16(3)22(27)24-5-2)14-18-8-6-7-9-20(18)23/h6-13,16H,4-5,14-15H2,1-3H3,(H,24,27)/t16-/m0/s1. The summed E-state index contributed by atoms with van der Waals surface area (Å²) < 4.78 is 5.65. The minimum absolute atomic E-state index is 0.153. The molecule has 0 aliphatic carbocycles. The number of hydrogen-bond donors (Lipinski definition) is 1.